The summed E-state index contributed by atoms with van der Waals surface area (Å²) in [4.78, 5) is 12.3. The Morgan fingerprint density at radius 2 is 2.17 bits per heavy atom. The first-order chi connectivity index (χ1) is 11.1. The SMILES string of the molecule is Nc1ccc(-c2ccc(C(=O)N[C@@H]3C[C@H]4CC[C@@H]3N4)o2)c(F)c1. The Hall–Kier alpha value is -2.34. The zero-order chi connectivity index (χ0) is 16.0. The van der Waals surface area contributed by atoms with E-state index in [0.717, 1.165) is 12.8 Å². The minimum atomic E-state index is -0.469. The summed E-state index contributed by atoms with van der Waals surface area (Å²) in [5, 5.41) is 6.48. The van der Waals surface area contributed by atoms with Crippen LogP contribution in [0.2, 0.25) is 0 Å². The Labute approximate surface area is 133 Å². The standard InChI is InChI=1S/C17H18FN3O2/c18-12-7-9(19)1-3-11(12)15-5-6-16(23-15)17(22)21-14-8-10-2-4-13(14)20-10/h1,3,5-7,10,13-14,20H,2,4,8,19H2,(H,21,22)/t10-,13+,14-/m1/s1. The molecular formula is C17H18FN3O2. The molecule has 0 aliphatic carbocycles. The zero-order valence-corrected chi connectivity index (χ0v) is 12.5. The summed E-state index contributed by atoms with van der Waals surface area (Å²) in [6.07, 6.45) is 3.23. The van der Waals surface area contributed by atoms with Gasteiger partial charge >= 0.3 is 0 Å². The molecule has 1 aromatic heterocycles. The number of furan rings is 1. The third-order valence-electron chi connectivity index (χ3n) is 4.70. The molecule has 4 N–H and O–H groups in total. The van der Waals surface area contributed by atoms with E-state index < -0.39 is 5.82 Å². The molecule has 3 atom stereocenters. The van der Waals surface area contributed by atoms with Crippen LogP contribution in [0.1, 0.15) is 29.8 Å². The number of nitrogens with two attached hydrogens (primary N) is 1. The fraction of sp³-hybridized carbons (Fsp3) is 0.353. The third-order valence-corrected chi connectivity index (χ3v) is 4.70. The van der Waals surface area contributed by atoms with E-state index in [1.54, 1.807) is 24.3 Å². The number of hydrogen-bond acceptors (Lipinski definition) is 4. The predicted molar refractivity (Wildman–Crippen MR) is 84.3 cm³/mol. The lowest BCUT2D eigenvalue weighted by Crippen LogP contribution is -2.42. The van der Waals surface area contributed by atoms with E-state index in [-0.39, 0.29) is 17.7 Å². The highest BCUT2D eigenvalue weighted by molar-refractivity contribution is 5.92. The maximum Gasteiger partial charge on any atom is 0.287 e. The van der Waals surface area contributed by atoms with Crippen molar-refractivity contribution in [3.63, 3.8) is 0 Å². The molecule has 6 heteroatoms. The summed E-state index contributed by atoms with van der Waals surface area (Å²) < 4.78 is 19.5. The van der Waals surface area contributed by atoms with Crippen LogP contribution in [0.5, 0.6) is 0 Å². The minimum absolute atomic E-state index is 0.142. The van der Waals surface area contributed by atoms with E-state index in [9.17, 15) is 9.18 Å². The first kappa shape index (κ1) is 14.3. The number of rotatable bonds is 3. The van der Waals surface area contributed by atoms with Gasteiger partial charge in [0.1, 0.15) is 11.6 Å². The molecule has 2 aliphatic rings. The second kappa shape index (κ2) is 5.38. The van der Waals surface area contributed by atoms with Gasteiger partial charge in [-0.15, -0.1) is 0 Å². The highest BCUT2D eigenvalue weighted by Gasteiger charge is 2.39. The van der Waals surface area contributed by atoms with Crippen LogP contribution < -0.4 is 16.4 Å². The van der Waals surface area contributed by atoms with Crippen molar-refractivity contribution in [1.29, 1.82) is 0 Å². The first-order valence-electron chi connectivity index (χ1n) is 7.82. The first-order valence-corrected chi connectivity index (χ1v) is 7.82. The molecule has 0 saturated carbocycles. The quantitative estimate of drug-likeness (QED) is 0.759. The minimum Gasteiger partial charge on any atom is -0.451 e. The van der Waals surface area contributed by atoms with E-state index in [1.807, 2.05) is 0 Å². The van der Waals surface area contributed by atoms with E-state index in [1.165, 1.54) is 12.5 Å². The number of hydrogen-bond donors (Lipinski definition) is 3. The molecule has 2 fully saturated rings. The molecule has 120 valence electrons. The average molecular weight is 315 g/mol. The highest BCUT2D eigenvalue weighted by Crippen LogP contribution is 2.29. The molecule has 1 amide bonds. The van der Waals surface area contributed by atoms with Crippen LogP contribution in [0.15, 0.2) is 34.7 Å². The Kier molecular flexibility index (Phi) is 3.34. The van der Waals surface area contributed by atoms with Crippen LogP contribution in [0.4, 0.5) is 10.1 Å². The average Bonchev–Trinajstić information content (AvgIpc) is 3.23. The molecular weight excluding hydrogens is 297 g/mol. The van der Waals surface area contributed by atoms with E-state index in [2.05, 4.69) is 10.6 Å². The van der Waals surface area contributed by atoms with Gasteiger partial charge in [-0.2, -0.15) is 0 Å². The van der Waals surface area contributed by atoms with Gasteiger partial charge in [-0.25, -0.2) is 4.39 Å². The predicted octanol–water partition coefficient (Wildman–Crippen LogP) is 2.29. The van der Waals surface area contributed by atoms with Gasteiger partial charge in [-0.05, 0) is 49.6 Å². The molecule has 0 spiro atoms. The van der Waals surface area contributed by atoms with E-state index in [0.29, 0.717) is 29.1 Å². The number of carbonyl (C=O) groups excluding carboxylic acids is 1. The summed E-state index contributed by atoms with van der Waals surface area (Å²) in [6.45, 7) is 0. The molecule has 0 unspecified atom stereocenters. The van der Waals surface area contributed by atoms with Crippen molar-refractivity contribution in [2.24, 2.45) is 0 Å². The van der Waals surface area contributed by atoms with Crippen LogP contribution in [-0.2, 0) is 0 Å². The molecule has 23 heavy (non-hydrogen) atoms. The maximum absolute atomic E-state index is 13.9. The van der Waals surface area contributed by atoms with Crippen molar-refractivity contribution in [3.8, 4) is 11.3 Å². The van der Waals surface area contributed by atoms with E-state index >= 15 is 0 Å². The molecule has 2 saturated heterocycles. The lowest BCUT2D eigenvalue weighted by atomic mass is 9.95. The second-order valence-electron chi connectivity index (χ2n) is 6.27. The zero-order valence-electron chi connectivity index (χ0n) is 12.5. The number of nitrogen functional groups attached to an aromatic ring is 1. The van der Waals surface area contributed by atoms with Crippen molar-refractivity contribution in [1.82, 2.24) is 10.6 Å². The Morgan fingerprint density at radius 3 is 2.87 bits per heavy atom. The summed E-state index contributed by atoms with van der Waals surface area (Å²) >= 11 is 0. The van der Waals surface area contributed by atoms with Crippen LogP contribution in [-0.4, -0.2) is 24.0 Å². The van der Waals surface area contributed by atoms with E-state index in [4.69, 9.17) is 10.2 Å². The van der Waals surface area contributed by atoms with Crippen molar-refractivity contribution >= 4 is 11.6 Å². The number of nitrogens with one attached hydrogen (secondary N) is 2. The Balaban J connectivity index is 1.50. The van der Waals surface area contributed by atoms with Gasteiger partial charge in [0, 0.05) is 23.8 Å². The molecule has 3 heterocycles. The molecule has 1 aromatic carbocycles. The summed E-state index contributed by atoms with van der Waals surface area (Å²) in [6, 6.07) is 8.56. The summed E-state index contributed by atoms with van der Waals surface area (Å²) in [5.74, 6) is -0.215. The Morgan fingerprint density at radius 1 is 1.30 bits per heavy atom. The van der Waals surface area contributed by atoms with Crippen molar-refractivity contribution in [2.75, 3.05) is 5.73 Å². The number of carbonyl (C=O) groups is 1. The molecule has 4 rings (SSSR count). The second-order valence-corrected chi connectivity index (χ2v) is 6.27. The van der Waals surface area contributed by atoms with Crippen LogP contribution >= 0.6 is 0 Å². The smallest absolute Gasteiger partial charge is 0.287 e. The van der Waals surface area contributed by atoms with Crippen molar-refractivity contribution in [3.05, 3.63) is 41.9 Å². The normalized spacial score (nSPS) is 25.7. The fourth-order valence-corrected chi connectivity index (χ4v) is 3.56. The lowest BCUT2D eigenvalue weighted by molar-refractivity contribution is 0.0903. The van der Waals surface area contributed by atoms with Crippen LogP contribution in [0.25, 0.3) is 11.3 Å². The number of amides is 1. The number of anilines is 1. The summed E-state index contributed by atoms with van der Waals surface area (Å²) in [7, 11) is 0. The summed E-state index contributed by atoms with van der Waals surface area (Å²) in [5.41, 5.74) is 6.18. The lowest BCUT2D eigenvalue weighted by Gasteiger charge is -2.20. The molecule has 2 bridgehead atoms. The van der Waals surface area contributed by atoms with Gasteiger partial charge in [0.05, 0.1) is 5.56 Å². The van der Waals surface area contributed by atoms with Crippen LogP contribution in [0.3, 0.4) is 0 Å². The monoisotopic (exact) mass is 315 g/mol. The maximum atomic E-state index is 13.9. The van der Waals surface area contributed by atoms with Crippen molar-refractivity contribution in [2.45, 2.75) is 37.4 Å². The van der Waals surface area contributed by atoms with Gasteiger partial charge in [-0.1, -0.05) is 0 Å². The number of halogens is 1. The fourth-order valence-electron chi connectivity index (χ4n) is 3.56. The van der Waals surface area contributed by atoms with Gasteiger partial charge in [-0.3, -0.25) is 4.79 Å². The topological polar surface area (TPSA) is 80.3 Å². The molecule has 2 aliphatic heterocycles. The number of benzene rings is 1. The van der Waals surface area contributed by atoms with Gasteiger partial charge in [0.15, 0.2) is 5.76 Å². The Bertz CT molecular complexity index is 758. The van der Waals surface area contributed by atoms with Gasteiger partial charge in [0.2, 0.25) is 0 Å². The molecule has 0 radical (unpaired) electrons. The van der Waals surface area contributed by atoms with Gasteiger partial charge < -0.3 is 20.8 Å². The number of fused-ring (bicyclic) bond motifs is 2. The third kappa shape index (κ3) is 2.59. The highest BCUT2D eigenvalue weighted by atomic mass is 19.1. The van der Waals surface area contributed by atoms with Crippen molar-refractivity contribution < 1.29 is 13.6 Å². The van der Waals surface area contributed by atoms with Crippen LogP contribution in [0, 0.1) is 5.82 Å². The largest absolute Gasteiger partial charge is 0.451 e. The molecule has 2 aromatic rings. The molecule has 5 nitrogen and oxygen atoms in total. The van der Waals surface area contributed by atoms with Gasteiger partial charge in [0.25, 0.3) is 5.91 Å².